The molecule has 1 saturated carbocycles. The third-order valence-electron chi connectivity index (χ3n) is 3.63. The Bertz CT molecular complexity index is 430. The third kappa shape index (κ3) is 2.41. The molecule has 0 radical (unpaired) electrons. The van der Waals surface area contributed by atoms with Crippen LogP contribution in [0.25, 0.3) is 0 Å². The third-order valence-corrected chi connectivity index (χ3v) is 3.63. The molecule has 1 aliphatic carbocycles. The smallest absolute Gasteiger partial charge is 0.246 e. The number of hydrogen-bond donors (Lipinski definition) is 1. The molecule has 0 atom stereocenters. The number of amides is 1. The number of carbonyl (C=O) groups excluding carboxylic acids is 1. The Balaban J connectivity index is 2.17. The average Bonchev–Trinajstić information content (AvgIpc) is 3.09. The summed E-state index contributed by atoms with van der Waals surface area (Å²) in [6, 6.07) is 8.45. The minimum atomic E-state index is -0.333. The molecule has 0 bridgehead atoms. The van der Waals surface area contributed by atoms with Crippen LogP contribution in [0.4, 0.5) is 0 Å². The molecule has 1 fully saturated rings. The van der Waals surface area contributed by atoms with Crippen LogP contribution in [-0.4, -0.2) is 18.0 Å². The van der Waals surface area contributed by atoms with Crippen molar-refractivity contribution in [1.82, 2.24) is 5.01 Å². The fourth-order valence-electron chi connectivity index (χ4n) is 2.52. The maximum atomic E-state index is 12.1. The number of nitrogens with two attached hydrogens (primary N) is 1. The van der Waals surface area contributed by atoms with Gasteiger partial charge in [-0.3, -0.25) is 9.80 Å². The summed E-state index contributed by atoms with van der Waals surface area (Å²) >= 11 is 0. The maximum absolute atomic E-state index is 12.1. The summed E-state index contributed by atoms with van der Waals surface area (Å²) in [6.45, 7) is 4.42. The molecule has 2 rings (SSSR count). The molecule has 0 aromatic heterocycles. The first kappa shape index (κ1) is 13.1. The van der Waals surface area contributed by atoms with E-state index in [1.54, 1.807) is 7.05 Å². The Labute approximate surface area is 109 Å². The monoisotopic (exact) mass is 246 g/mol. The van der Waals surface area contributed by atoms with E-state index in [9.17, 15) is 4.79 Å². The normalized spacial score (nSPS) is 16.7. The highest BCUT2D eigenvalue weighted by atomic mass is 16.2. The van der Waals surface area contributed by atoms with Crippen molar-refractivity contribution < 1.29 is 4.79 Å². The molecule has 0 saturated heterocycles. The lowest BCUT2D eigenvalue weighted by atomic mass is 9.92. The lowest BCUT2D eigenvalue weighted by Crippen LogP contribution is -2.41. The Morgan fingerprint density at radius 1 is 1.33 bits per heavy atom. The maximum Gasteiger partial charge on any atom is 0.246 e. The van der Waals surface area contributed by atoms with Crippen molar-refractivity contribution in [3.8, 4) is 0 Å². The van der Waals surface area contributed by atoms with Crippen molar-refractivity contribution >= 4 is 5.91 Å². The Kier molecular flexibility index (Phi) is 3.44. The van der Waals surface area contributed by atoms with Gasteiger partial charge in [0.25, 0.3) is 0 Å². The Hall–Kier alpha value is -1.35. The minimum absolute atomic E-state index is 0.0270. The van der Waals surface area contributed by atoms with Crippen molar-refractivity contribution in [3.05, 3.63) is 35.4 Å². The van der Waals surface area contributed by atoms with Gasteiger partial charge in [0.2, 0.25) is 5.91 Å². The molecule has 0 unspecified atom stereocenters. The summed E-state index contributed by atoms with van der Waals surface area (Å²) in [5.74, 6) is 6.26. The van der Waals surface area contributed by atoms with Crippen LogP contribution in [0.2, 0.25) is 0 Å². The largest absolute Gasteiger partial charge is 0.283 e. The molecule has 18 heavy (non-hydrogen) atoms. The van der Waals surface area contributed by atoms with Gasteiger partial charge in [-0.1, -0.05) is 38.1 Å². The summed E-state index contributed by atoms with van der Waals surface area (Å²) in [5, 5.41) is 1.22. The van der Waals surface area contributed by atoms with Gasteiger partial charge in [-0.05, 0) is 36.3 Å². The number of hydrazine groups is 1. The Morgan fingerprint density at radius 2 is 1.89 bits per heavy atom. The number of nitrogens with zero attached hydrogens (tertiary/aromatic N) is 1. The number of carbonyl (C=O) groups is 1. The molecule has 98 valence electrons. The molecular weight excluding hydrogens is 224 g/mol. The van der Waals surface area contributed by atoms with E-state index in [4.69, 9.17) is 5.84 Å². The van der Waals surface area contributed by atoms with E-state index in [1.807, 2.05) is 0 Å². The molecule has 1 aromatic carbocycles. The summed E-state index contributed by atoms with van der Waals surface area (Å²) in [7, 11) is 1.62. The SMILES string of the molecule is CC(C)Cc1ccc(C2(C(=O)N(C)N)CC2)cc1. The highest BCUT2D eigenvalue weighted by Crippen LogP contribution is 2.49. The van der Waals surface area contributed by atoms with E-state index >= 15 is 0 Å². The molecule has 3 nitrogen and oxygen atoms in total. The van der Waals surface area contributed by atoms with E-state index < -0.39 is 0 Å². The average molecular weight is 246 g/mol. The second kappa shape index (κ2) is 4.73. The van der Waals surface area contributed by atoms with Gasteiger partial charge >= 0.3 is 0 Å². The van der Waals surface area contributed by atoms with Crippen LogP contribution in [0, 0.1) is 5.92 Å². The molecular formula is C15H22N2O. The van der Waals surface area contributed by atoms with E-state index in [0.29, 0.717) is 5.92 Å². The second-order valence-corrected chi connectivity index (χ2v) is 5.79. The highest BCUT2D eigenvalue weighted by molar-refractivity contribution is 5.90. The van der Waals surface area contributed by atoms with Crippen LogP contribution in [0.3, 0.4) is 0 Å². The van der Waals surface area contributed by atoms with E-state index in [1.165, 1.54) is 10.6 Å². The lowest BCUT2D eigenvalue weighted by molar-refractivity contribution is -0.132. The molecule has 0 spiro atoms. The summed E-state index contributed by atoms with van der Waals surface area (Å²) in [5.41, 5.74) is 2.11. The van der Waals surface area contributed by atoms with Gasteiger partial charge in [-0.2, -0.15) is 0 Å². The van der Waals surface area contributed by atoms with Gasteiger partial charge in [-0.25, -0.2) is 5.84 Å². The van der Waals surface area contributed by atoms with Gasteiger partial charge in [0.15, 0.2) is 0 Å². The second-order valence-electron chi connectivity index (χ2n) is 5.79. The van der Waals surface area contributed by atoms with Crippen molar-refractivity contribution in [2.75, 3.05) is 7.05 Å². The van der Waals surface area contributed by atoms with Crippen LogP contribution in [0.1, 0.15) is 37.8 Å². The molecule has 0 aliphatic heterocycles. The predicted molar refractivity (Wildman–Crippen MR) is 72.9 cm³/mol. The minimum Gasteiger partial charge on any atom is -0.283 e. The number of benzene rings is 1. The molecule has 1 amide bonds. The van der Waals surface area contributed by atoms with Crippen LogP contribution < -0.4 is 5.84 Å². The zero-order chi connectivity index (χ0) is 13.3. The van der Waals surface area contributed by atoms with Crippen molar-refractivity contribution in [1.29, 1.82) is 0 Å². The summed E-state index contributed by atoms with van der Waals surface area (Å²) < 4.78 is 0. The van der Waals surface area contributed by atoms with Crippen molar-refractivity contribution in [2.45, 2.75) is 38.5 Å². The first-order valence-electron chi connectivity index (χ1n) is 6.58. The molecule has 0 heterocycles. The predicted octanol–water partition coefficient (Wildman–Crippen LogP) is 2.25. The van der Waals surface area contributed by atoms with Gasteiger partial charge in [0.1, 0.15) is 0 Å². The standard InChI is InChI=1S/C15H22N2O/c1-11(2)10-12-4-6-13(7-5-12)15(8-9-15)14(18)17(3)16/h4-7,11H,8-10,16H2,1-3H3. The van der Waals surface area contributed by atoms with E-state index in [-0.39, 0.29) is 11.3 Å². The van der Waals surface area contributed by atoms with Crippen molar-refractivity contribution in [3.63, 3.8) is 0 Å². The van der Waals surface area contributed by atoms with Gasteiger partial charge < -0.3 is 0 Å². The molecule has 2 N–H and O–H groups in total. The van der Waals surface area contributed by atoms with Crippen molar-refractivity contribution in [2.24, 2.45) is 11.8 Å². The lowest BCUT2D eigenvalue weighted by Gasteiger charge is -2.20. The quantitative estimate of drug-likeness (QED) is 0.503. The number of rotatable bonds is 4. The zero-order valence-corrected chi connectivity index (χ0v) is 11.4. The first-order valence-corrected chi connectivity index (χ1v) is 6.58. The van der Waals surface area contributed by atoms with Crippen LogP contribution >= 0.6 is 0 Å². The van der Waals surface area contributed by atoms with E-state index in [2.05, 4.69) is 38.1 Å². The topological polar surface area (TPSA) is 46.3 Å². The first-order chi connectivity index (χ1) is 8.45. The zero-order valence-electron chi connectivity index (χ0n) is 11.4. The van der Waals surface area contributed by atoms with Gasteiger partial charge in [0, 0.05) is 7.05 Å². The summed E-state index contributed by atoms with van der Waals surface area (Å²) in [6.07, 6.45) is 2.91. The fourth-order valence-corrected chi connectivity index (χ4v) is 2.52. The molecule has 1 aliphatic rings. The van der Waals surface area contributed by atoms with Gasteiger partial charge in [0.05, 0.1) is 5.41 Å². The molecule has 3 heteroatoms. The summed E-state index contributed by atoms with van der Waals surface area (Å²) in [4.78, 5) is 12.1. The number of likely N-dealkylation sites (N-methyl/N-ethyl adjacent to an activating group) is 1. The Morgan fingerprint density at radius 3 is 2.28 bits per heavy atom. The van der Waals surface area contributed by atoms with Crippen LogP contribution in [-0.2, 0) is 16.6 Å². The van der Waals surface area contributed by atoms with E-state index in [0.717, 1.165) is 24.8 Å². The fraction of sp³-hybridized carbons (Fsp3) is 0.533. The van der Waals surface area contributed by atoms with Gasteiger partial charge in [-0.15, -0.1) is 0 Å². The molecule has 1 aromatic rings. The number of hydrogen-bond acceptors (Lipinski definition) is 2. The highest BCUT2D eigenvalue weighted by Gasteiger charge is 2.52. The van der Waals surface area contributed by atoms with Crippen LogP contribution in [0.15, 0.2) is 24.3 Å². The van der Waals surface area contributed by atoms with Crippen LogP contribution in [0.5, 0.6) is 0 Å².